The van der Waals surface area contributed by atoms with E-state index in [0.29, 0.717) is 16.5 Å². The maximum atomic E-state index is 13.8. The van der Waals surface area contributed by atoms with Gasteiger partial charge in [-0.05, 0) is 24.3 Å². The Hall–Kier alpha value is -2.73. The van der Waals surface area contributed by atoms with Crippen LogP contribution in [0.3, 0.4) is 0 Å². The van der Waals surface area contributed by atoms with E-state index in [0.717, 1.165) is 6.07 Å². The van der Waals surface area contributed by atoms with Gasteiger partial charge in [0.15, 0.2) is 11.6 Å². The lowest BCUT2D eigenvalue weighted by Crippen LogP contribution is -2.02. The van der Waals surface area contributed by atoms with Crippen molar-refractivity contribution >= 4 is 34.4 Å². The zero-order valence-electron chi connectivity index (χ0n) is 12.4. The molecule has 7 heteroatoms. The fourth-order valence-corrected chi connectivity index (χ4v) is 2.57. The number of benzene rings is 2. The van der Waals surface area contributed by atoms with E-state index in [1.807, 2.05) is 0 Å². The highest BCUT2D eigenvalue weighted by Gasteiger charge is 2.10. The molecule has 2 aromatic carbocycles. The number of fused-ring (bicyclic) bond motifs is 1. The molecule has 0 aliphatic rings. The number of nitrogens with one attached hydrogen (secondary N) is 1. The van der Waals surface area contributed by atoms with Gasteiger partial charge in [0.05, 0.1) is 18.3 Å². The minimum absolute atomic E-state index is 0.0164. The first-order valence-corrected chi connectivity index (χ1v) is 7.25. The summed E-state index contributed by atoms with van der Waals surface area (Å²) in [5, 5.41) is 0.733. The molecule has 0 aliphatic heterocycles. The summed E-state index contributed by atoms with van der Waals surface area (Å²) < 4.78 is 32.6. The van der Waals surface area contributed by atoms with Crippen molar-refractivity contribution in [2.24, 2.45) is 4.99 Å². The van der Waals surface area contributed by atoms with Crippen LogP contribution in [0.4, 0.5) is 14.5 Å². The lowest BCUT2D eigenvalue weighted by atomic mass is 10.1. The van der Waals surface area contributed by atoms with E-state index in [1.54, 1.807) is 0 Å². The third-order valence-electron chi connectivity index (χ3n) is 3.37. The molecule has 0 radical (unpaired) electrons. The summed E-state index contributed by atoms with van der Waals surface area (Å²) in [6.45, 7) is 0. The molecular weight excluding hydrogens is 338 g/mol. The van der Waals surface area contributed by atoms with E-state index in [1.165, 1.54) is 43.7 Å². The summed E-state index contributed by atoms with van der Waals surface area (Å²) in [5.74, 6) is -1.20. The lowest BCUT2D eigenvalue weighted by molar-refractivity contribution is 0.386. The largest absolute Gasteiger partial charge is 0.493 e. The summed E-state index contributed by atoms with van der Waals surface area (Å²) in [7, 11) is 1.33. The Morgan fingerprint density at radius 1 is 1.21 bits per heavy atom. The van der Waals surface area contributed by atoms with E-state index in [2.05, 4.69) is 9.98 Å². The number of H-pyrrole nitrogens is 1. The number of hydrogen-bond acceptors (Lipinski definition) is 3. The Morgan fingerprint density at radius 3 is 2.75 bits per heavy atom. The average Bonchev–Trinajstić information content (AvgIpc) is 2.51. The van der Waals surface area contributed by atoms with Crippen LogP contribution < -0.4 is 10.3 Å². The van der Waals surface area contributed by atoms with Gasteiger partial charge in [-0.15, -0.1) is 0 Å². The molecule has 0 atom stereocenters. The first-order valence-electron chi connectivity index (χ1n) is 6.87. The average molecular weight is 349 g/mol. The fourth-order valence-electron chi connectivity index (χ4n) is 2.35. The van der Waals surface area contributed by atoms with Gasteiger partial charge in [0.25, 0.3) is 0 Å². The summed E-state index contributed by atoms with van der Waals surface area (Å²) >= 11 is 5.84. The van der Waals surface area contributed by atoms with Gasteiger partial charge < -0.3 is 9.72 Å². The molecule has 0 bridgehead atoms. The summed E-state index contributed by atoms with van der Waals surface area (Å²) in [6.07, 6.45) is 1.33. The van der Waals surface area contributed by atoms with Crippen LogP contribution in [0, 0.1) is 11.6 Å². The zero-order valence-corrected chi connectivity index (χ0v) is 13.2. The van der Waals surface area contributed by atoms with Crippen molar-refractivity contribution < 1.29 is 13.5 Å². The molecule has 3 rings (SSSR count). The second-order valence-corrected chi connectivity index (χ2v) is 5.41. The predicted molar refractivity (Wildman–Crippen MR) is 89.7 cm³/mol. The SMILES string of the molecule is COc1c(F)cc(Cl)cc1C=Nc1cc(F)cc2[nH]c(=O)ccc12. The fraction of sp³-hybridized carbons (Fsp3) is 0.0588. The van der Waals surface area contributed by atoms with Crippen molar-refractivity contribution in [3.8, 4) is 5.75 Å². The van der Waals surface area contributed by atoms with Gasteiger partial charge in [0.2, 0.25) is 5.56 Å². The van der Waals surface area contributed by atoms with E-state index >= 15 is 0 Å². The van der Waals surface area contributed by atoms with Crippen molar-refractivity contribution in [3.63, 3.8) is 0 Å². The smallest absolute Gasteiger partial charge is 0.248 e. The number of hydrogen-bond donors (Lipinski definition) is 1. The number of ether oxygens (including phenoxy) is 1. The Morgan fingerprint density at radius 2 is 2.00 bits per heavy atom. The van der Waals surface area contributed by atoms with E-state index < -0.39 is 11.6 Å². The highest BCUT2D eigenvalue weighted by Crippen LogP contribution is 2.28. The van der Waals surface area contributed by atoms with Crippen LogP contribution in [0.25, 0.3) is 10.9 Å². The highest BCUT2D eigenvalue weighted by atomic mass is 35.5. The number of aromatic nitrogens is 1. The molecule has 1 aromatic heterocycles. The molecule has 1 heterocycles. The molecule has 4 nitrogen and oxygen atoms in total. The number of pyridine rings is 1. The molecule has 0 spiro atoms. The third kappa shape index (κ3) is 3.14. The second kappa shape index (κ2) is 6.41. The summed E-state index contributed by atoms with van der Waals surface area (Å²) in [5.41, 5.74) is 0.563. The number of methoxy groups -OCH3 is 1. The lowest BCUT2D eigenvalue weighted by Gasteiger charge is -2.07. The van der Waals surface area contributed by atoms with Crippen molar-refractivity contribution in [1.29, 1.82) is 0 Å². The summed E-state index contributed by atoms with van der Waals surface area (Å²) in [6, 6.07) is 7.88. The van der Waals surface area contributed by atoms with Crippen molar-refractivity contribution in [2.45, 2.75) is 0 Å². The van der Waals surface area contributed by atoms with Gasteiger partial charge >= 0.3 is 0 Å². The normalized spacial score (nSPS) is 11.3. The molecule has 3 aromatic rings. The number of aliphatic imine (C=N–C) groups is 1. The summed E-state index contributed by atoms with van der Waals surface area (Å²) in [4.78, 5) is 18.1. The number of nitrogens with zero attached hydrogens (tertiary/aromatic N) is 1. The van der Waals surface area contributed by atoms with Crippen LogP contribution in [0.15, 0.2) is 46.2 Å². The quantitative estimate of drug-likeness (QED) is 0.720. The zero-order chi connectivity index (χ0) is 17.3. The van der Waals surface area contributed by atoms with Gasteiger partial charge in [-0.3, -0.25) is 9.79 Å². The molecule has 0 saturated heterocycles. The number of rotatable bonds is 3. The maximum absolute atomic E-state index is 13.8. The topological polar surface area (TPSA) is 54.4 Å². The van der Waals surface area contributed by atoms with Crippen molar-refractivity contribution in [1.82, 2.24) is 4.98 Å². The van der Waals surface area contributed by atoms with Crippen LogP contribution in [0.5, 0.6) is 5.75 Å². The van der Waals surface area contributed by atoms with E-state index in [9.17, 15) is 13.6 Å². The molecule has 122 valence electrons. The van der Waals surface area contributed by atoms with Crippen LogP contribution in [-0.2, 0) is 0 Å². The van der Waals surface area contributed by atoms with Crippen LogP contribution in [0.2, 0.25) is 5.02 Å². The van der Waals surface area contributed by atoms with E-state index in [-0.39, 0.29) is 22.0 Å². The van der Waals surface area contributed by atoms with E-state index in [4.69, 9.17) is 16.3 Å². The Balaban J connectivity index is 2.14. The minimum Gasteiger partial charge on any atom is -0.493 e. The van der Waals surface area contributed by atoms with Gasteiger partial charge in [0, 0.05) is 34.3 Å². The Kier molecular flexibility index (Phi) is 4.31. The van der Waals surface area contributed by atoms with Gasteiger partial charge in [-0.2, -0.15) is 0 Å². The highest BCUT2D eigenvalue weighted by molar-refractivity contribution is 6.31. The Bertz CT molecular complexity index is 1020. The third-order valence-corrected chi connectivity index (χ3v) is 3.58. The molecule has 0 unspecified atom stereocenters. The molecule has 0 amide bonds. The first kappa shape index (κ1) is 16.1. The molecule has 0 saturated carbocycles. The molecule has 0 fully saturated rings. The van der Waals surface area contributed by atoms with Crippen LogP contribution in [0.1, 0.15) is 5.56 Å². The first-order chi connectivity index (χ1) is 11.5. The van der Waals surface area contributed by atoms with Gasteiger partial charge in [-0.25, -0.2) is 8.78 Å². The molecular formula is C17H11ClF2N2O2. The standard InChI is InChI=1S/C17H11ClF2N2O2/c1-24-17-9(4-10(18)5-13(17)20)8-21-14-6-11(19)7-15-12(14)2-3-16(23)22-15/h2-8H,1H3,(H,22,23). The molecule has 0 aliphatic carbocycles. The Labute approximate surface area is 140 Å². The monoisotopic (exact) mass is 348 g/mol. The predicted octanol–water partition coefficient (Wildman–Crippen LogP) is 4.22. The molecule has 24 heavy (non-hydrogen) atoms. The van der Waals surface area contributed by atoms with Gasteiger partial charge in [-0.1, -0.05) is 11.6 Å². The number of halogens is 3. The van der Waals surface area contributed by atoms with Crippen molar-refractivity contribution in [2.75, 3.05) is 7.11 Å². The second-order valence-electron chi connectivity index (χ2n) is 4.98. The van der Waals surface area contributed by atoms with Crippen molar-refractivity contribution in [3.05, 3.63) is 69.0 Å². The van der Waals surface area contributed by atoms with Gasteiger partial charge in [0.1, 0.15) is 5.82 Å². The maximum Gasteiger partial charge on any atom is 0.248 e. The minimum atomic E-state index is -0.625. The van der Waals surface area contributed by atoms with Crippen LogP contribution >= 0.6 is 11.6 Å². The van der Waals surface area contributed by atoms with Crippen LogP contribution in [-0.4, -0.2) is 18.3 Å². The number of aromatic amines is 1. The molecule has 1 N–H and O–H groups in total.